The third-order valence-corrected chi connectivity index (χ3v) is 5.59. The number of aromatic nitrogens is 4. The summed E-state index contributed by atoms with van der Waals surface area (Å²) in [6.45, 7) is 2.01. The molecule has 0 fully saturated rings. The molecule has 0 bridgehead atoms. The molecule has 1 aromatic carbocycles. The minimum absolute atomic E-state index is 0.659. The first-order valence-corrected chi connectivity index (χ1v) is 8.78. The predicted molar refractivity (Wildman–Crippen MR) is 96.9 cm³/mol. The van der Waals surface area contributed by atoms with Crippen molar-refractivity contribution in [3.63, 3.8) is 0 Å². The molecule has 8 heteroatoms. The van der Waals surface area contributed by atoms with E-state index in [-0.39, 0.29) is 0 Å². The van der Waals surface area contributed by atoms with Crippen LogP contribution in [-0.2, 0) is 0 Å². The Labute approximate surface area is 146 Å². The number of anilines is 1. The van der Waals surface area contributed by atoms with Gasteiger partial charge in [-0.05, 0) is 18.6 Å². The van der Waals surface area contributed by atoms with Crippen LogP contribution in [0, 0.1) is 18.3 Å². The lowest BCUT2D eigenvalue weighted by Gasteiger charge is -2.06. The molecular weight excluding hydrogens is 340 g/mol. The van der Waals surface area contributed by atoms with Crippen molar-refractivity contribution in [2.24, 2.45) is 0 Å². The molecule has 0 unspecified atom stereocenters. The summed E-state index contributed by atoms with van der Waals surface area (Å²) in [5, 5.41) is 10.2. The highest BCUT2D eigenvalue weighted by Gasteiger charge is 2.11. The van der Waals surface area contributed by atoms with Crippen molar-refractivity contribution in [3.05, 3.63) is 48.2 Å². The van der Waals surface area contributed by atoms with Crippen LogP contribution in [0.15, 0.2) is 41.4 Å². The van der Waals surface area contributed by atoms with Gasteiger partial charge in [-0.1, -0.05) is 6.07 Å². The highest BCUT2D eigenvalue weighted by molar-refractivity contribution is 8.02. The molecule has 0 spiro atoms. The molecule has 0 aliphatic rings. The maximum absolute atomic E-state index is 9.23. The predicted octanol–water partition coefficient (Wildman–Crippen LogP) is 4.31. The first kappa shape index (κ1) is 14.8. The second-order valence-electron chi connectivity index (χ2n) is 5.15. The molecule has 0 saturated heterocycles. The first-order valence-electron chi connectivity index (χ1n) is 7.14. The van der Waals surface area contributed by atoms with Crippen molar-refractivity contribution >= 4 is 39.9 Å². The van der Waals surface area contributed by atoms with E-state index in [9.17, 15) is 5.26 Å². The molecule has 3 N–H and O–H groups in total. The molecule has 24 heavy (non-hydrogen) atoms. The summed E-state index contributed by atoms with van der Waals surface area (Å²) >= 11 is 3.03. The lowest BCUT2D eigenvalue weighted by Crippen LogP contribution is -1.89. The van der Waals surface area contributed by atoms with Gasteiger partial charge in [-0.3, -0.25) is 0 Å². The molecule has 0 aliphatic carbocycles. The fourth-order valence-electron chi connectivity index (χ4n) is 2.51. The number of benzene rings is 1. The Kier molecular flexibility index (Phi) is 3.72. The van der Waals surface area contributed by atoms with Gasteiger partial charge in [-0.15, -0.1) is 11.3 Å². The van der Waals surface area contributed by atoms with Crippen LogP contribution in [-0.4, -0.2) is 19.9 Å². The van der Waals surface area contributed by atoms with E-state index in [2.05, 4.69) is 30.7 Å². The Balaban J connectivity index is 1.59. The lowest BCUT2D eigenvalue weighted by atomic mass is 10.1. The Morgan fingerprint density at radius 2 is 2.21 bits per heavy atom. The number of hydrogen-bond donors (Lipinski definition) is 3. The van der Waals surface area contributed by atoms with Crippen molar-refractivity contribution in [2.75, 3.05) is 4.72 Å². The molecule has 0 atom stereocenters. The van der Waals surface area contributed by atoms with E-state index in [1.165, 1.54) is 11.9 Å². The Hall–Kier alpha value is -2.76. The molecule has 118 valence electrons. The first-order chi connectivity index (χ1) is 11.8. The molecule has 0 aliphatic heterocycles. The summed E-state index contributed by atoms with van der Waals surface area (Å²) in [6.07, 6.45) is 7.00. The standard InChI is InChI=1S/C16H12N6S2/c1-9-2-3-11(15-14(9)10(4-17)5-19-15)22-24-16-20-7-13(23-16)12-6-18-8-21-12/h2-3,5-8,19,22H,1H3,(H,18,21). The van der Waals surface area contributed by atoms with Crippen LogP contribution in [0.3, 0.4) is 0 Å². The topological polar surface area (TPSA) is 93.2 Å². The van der Waals surface area contributed by atoms with E-state index in [4.69, 9.17) is 0 Å². The number of rotatable bonds is 4. The number of H-pyrrole nitrogens is 2. The van der Waals surface area contributed by atoms with Gasteiger partial charge in [-0.25, -0.2) is 9.97 Å². The van der Waals surface area contributed by atoms with Crippen molar-refractivity contribution < 1.29 is 0 Å². The summed E-state index contributed by atoms with van der Waals surface area (Å²) in [6, 6.07) is 6.24. The van der Waals surface area contributed by atoms with Crippen molar-refractivity contribution in [3.8, 4) is 16.6 Å². The average molecular weight is 352 g/mol. The highest BCUT2D eigenvalue weighted by atomic mass is 32.2. The number of nitriles is 1. The van der Waals surface area contributed by atoms with E-state index >= 15 is 0 Å². The number of fused-ring (bicyclic) bond motifs is 1. The number of imidazole rings is 1. The molecule has 0 radical (unpaired) electrons. The molecule has 3 heterocycles. The van der Waals surface area contributed by atoms with Crippen LogP contribution in [0.2, 0.25) is 0 Å². The SMILES string of the molecule is Cc1ccc(NSc2ncc(-c3cnc[nH]3)s2)c2[nH]cc(C#N)c12. The zero-order valence-electron chi connectivity index (χ0n) is 12.6. The molecular formula is C16H12N6S2. The summed E-state index contributed by atoms with van der Waals surface area (Å²) in [5.41, 5.74) is 4.56. The van der Waals surface area contributed by atoms with Crippen LogP contribution in [0.4, 0.5) is 5.69 Å². The number of nitrogens with one attached hydrogen (secondary N) is 3. The smallest absolute Gasteiger partial charge is 0.171 e. The largest absolute Gasteiger partial charge is 0.358 e. The van der Waals surface area contributed by atoms with Crippen molar-refractivity contribution in [1.82, 2.24) is 19.9 Å². The number of nitrogens with zero attached hydrogens (tertiary/aromatic N) is 3. The molecule has 0 saturated carbocycles. The second-order valence-corrected chi connectivity index (χ2v) is 7.24. The molecule has 4 rings (SSSR count). The number of aryl methyl sites for hydroxylation is 1. The number of thiazole rings is 1. The molecule has 3 aromatic heterocycles. The summed E-state index contributed by atoms with van der Waals surface area (Å²) in [4.78, 5) is 15.7. The average Bonchev–Trinajstić information content (AvgIpc) is 3.33. The Bertz CT molecular complexity index is 1040. The van der Waals surface area contributed by atoms with Gasteiger partial charge in [0.2, 0.25) is 0 Å². The zero-order chi connectivity index (χ0) is 16.5. The molecule has 0 amide bonds. The van der Waals surface area contributed by atoms with Gasteiger partial charge >= 0.3 is 0 Å². The minimum atomic E-state index is 0.659. The van der Waals surface area contributed by atoms with Crippen LogP contribution in [0.1, 0.15) is 11.1 Å². The number of aromatic amines is 2. The van der Waals surface area contributed by atoms with Crippen molar-refractivity contribution in [1.29, 1.82) is 5.26 Å². The highest BCUT2D eigenvalue weighted by Crippen LogP contribution is 2.34. The van der Waals surface area contributed by atoms with Crippen molar-refractivity contribution in [2.45, 2.75) is 11.3 Å². The van der Waals surface area contributed by atoms with Gasteiger partial charge in [-0.2, -0.15) is 5.26 Å². The monoisotopic (exact) mass is 352 g/mol. The van der Waals surface area contributed by atoms with Gasteiger partial charge in [0.05, 0.1) is 39.9 Å². The minimum Gasteiger partial charge on any atom is -0.358 e. The van der Waals surface area contributed by atoms with Gasteiger partial charge < -0.3 is 14.7 Å². The van der Waals surface area contributed by atoms with E-state index in [1.807, 2.05) is 25.3 Å². The third kappa shape index (κ3) is 2.54. The van der Waals surface area contributed by atoms with Crippen LogP contribution in [0.5, 0.6) is 0 Å². The third-order valence-electron chi connectivity index (χ3n) is 3.66. The van der Waals surface area contributed by atoms with E-state index in [1.54, 1.807) is 30.1 Å². The van der Waals surface area contributed by atoms with Gasteiger partial charge in [0.1, 0.15) is 6.07 Å². The van der Waals surface area contributed by atoms with E-state index in [0.717, 1.165) is 37.1 Å². The summed E-state index contributed by atoms with van der Waals surface area (Å²) in [7, 11) is 0. The molecule has 4 aromatic rings. The zero-order valence-corrected chi connectivity index (χ0v) is 14.3. The lowest BCUT2D eigenvalue weighted by molar-refractivity contribution is 1.25. The quantitative estimate of drug-likeness (QED) is 0.476. The van der Waals surface area contributed by atoms with Gasteiger partial charge in [0, 0.05) is 29.7 Å². The molecule has 6 nitrogen and oxygen atoms in total. The van der Waals surface area contributed by atoms with Crippen LogP contribution < -0.4 is 4.72 Å². The van der Waals surface area contributed by atoms with Crippen LogP contribution >= 0.6 is 23.3 Å². The fourth-order valence-corrected chi connectivity index (χ4v) is 4.17. The maximum atomic E-state index is 9.23. The van der Waals surface area contributed by atoms with Crippen LogP contribution in [0.25, 0.3) is 21.5 Å². The summed E-state index contributed by atoms with van der Waals surface area (Å²) < 4.78 is 4.23. The summed E-state index contributed by atoms with van der Waals surface area (Å²) in [5.74, 6) is 0. The Morgan fingerprint density at radius 3 is 3.00 bits per heavy atom. The Morgan fingerprint density at radius 1 is 1.29 bits per heavy atom. The maximum Gasteiger partial charge on any atom is 0.171 e. The fraction of sp³-hybridized carbons (Fsp3) is 0.0625. The van der Waals surface area contributed by atoms with E-state index < -0.39 is 0 Å². The van der Waals surface area contributed by atoms with Gasteiger partial charge in [0.25, 0.3) is 0 Å². The van der Waals surface area contributed by atoms with Gasteiger partial charge in [0.15, 0.2) is 4.34 Å². The second kappa shape index (κ2) is 6.03. The van der Waals surface area contributed by atoms with E-state index in [0.29, 0.717) is 5.56 Å². The number of hydrogen-bond acceptors (Lipinski definition) is 6. The normalized spacial score (nSPS) is 10.8.